The number of hydrogen-bond acceptors (Lipinski definition) is 2. The maximum absolute atomic E-state index is 4.67. The van der Waals surface area contributed by atoms with Crippen LogP contribution >= 0.6 is 11.3 Å². The molecule has 0 atom stereocenters. The van der Waals surface area contributed by atoms with E-state index in [1.54, 1.807) is 0 Å². The van der Waals surface area contributed by atoms with E-state index in [0.717, 1.165) is 5.52 Å². The summed E-state index contributed by atoms with van der Waals surface area (Å²) in [6.07, 6.45) is 0. The summed E-state index contributed by atoms with van der Waals surface area (Å²) in [5, 5.41) is 1.24. The summed E-state index contributed by atoms with van der Waals surface area (Å²) in [5.74, 6) is 1.10. The second-order valence-corrected chi connectivity index (χ2v) is 5.69. The Morgan fingerprint density at radius 2 is 1.87 bits per heavy atom. The number of rotatable bonds is 2. The molecule has 0 amide bonds. The highest BCUT2D eigenvalue weighted by Crippen LogP contribution is 2.31. The number of nitrogens with zero attached hydrogens (tertiary/aromatic N) is 2. The van der Waals surface area contributed by atoms with Crippen LogP contribution in [0.2, 0.25) is 0 Å². The third kappa shape index (κ3) is 1.69. The van der Waals surface area contributed by atoms with Crippen LogP contribution in [0.5, 0.6) is 0 Å². The van der Waals surface area contributed by atoms with Crippen molar-refractivity contribution < 1.29 is 0 Å². The molecule has 0 radical (unpaired) electrons. The summed E-state index contributed by atoms with van der Waals surface area (Å²) in [5.41, 5.74) is 2.54. The monoisotopic (exact) mass is 222 g/mol. The maximum atomic E-state index is 4.67. The molecular weight excluding hydrogens is 204 g/mol. The van der Waals surface area contributed by atoms with Gasteiger partial charge in [-0.05, 0) is 12.0 Å². The lowest BCUT2D eigenvalue weighted by molar-refractivity contribution is 0.757. The molecular formula is C12H18N2S. The molecule has 15 heavy (non-hydrogen) atoms. The zero-order chi connectivity index (χ0) is 11.2. The van der Waals surface area contributed by atoms with Gasteiger partial charge in [-0.15, -0.1) is 11.3 Å². The number of aryl methyl sites for hydroxylation is 1. The minimum absolute atomic E-state index is 0.532. The van der Waals surface area contributed by atoms with Crippen LogP contribution in [0.15, 0.2) is 6.07 Å². The Morgan fingerprint density at radius 3 is 2.33 bits per heavy atom. The third-order valence-electron chi connectivity index (χ3n) is 2.71. The van der Waals surface area contributed by atoms with E-state index < -0.39 is 0 Å². The Morgan fingerprint density at radius 1 is 1.20 bits per heavy atom. The Balaban J connectivity index is 2.57. The Kier molecular flexibility index (Phi) is 2.59. The smallest absolute Gasteiger partial charge is 0.123 e. The Hall–Kier alpha value is -0.830. The third-order valence-corrected chi connectivity index (χ3v) is 4.16. The van der Waals surface area contributed by atoms with E-state index >= 15 is 0 Å². The number of hydrogen-bond donors (Lipinski definition) is 0. The SMILES string of the molecule is CC(C)c1nc2cc(C(C)C)n(C)c2s1. The van der Waals surface area contributed by atoms with Crippen LogP contribution in [-0.2, 0) is 7.05 Å². The summed E-state index contributed by atoms with van der Waals surface area (Å²) in [4.78, 5) is 5.98. The van der Waals surface area contributed by atoms with Crippen molar-refractivity contribution in [3.05, 3.63) is 16.8 Å². The molecule has 2 nitrogen and oxygen atoms in total. The fraction of sp³-hybridized carbons (Fsp3) is 0.583. The molecule has 0 aromatic carbocycles. The molecule has 82 valence electrons. The molecule has 0 unspecified atom stereocenters. The van der Waals surface area contributed by atoms with Crippen molar-refractivity contribution in [2.75, 3.05) is 0 Å². The van der Waals surface area contributed by atoms with E-state index in [1.807, 2.05) is 11.3 Å². The van der Waals surface area contributed by atoms with Gasteiger partial charge in [-0.3, -0.25) is 0 Å². The highest BCUT2D eigenvalue weighted by atomic mass is 32.1. The number of thiazole rings is 1. The molecule has 2 aromatic rings. The second-order valence-electron chi connectivity index (χ2n) is 4.68. The first-order valence-corrected chi connectivity index (χ1v) is 6.28. The second kappa shape index (κ2) is 3.63. The van der Waals surface area contributed by atoms with Crippen molar-refractivity contribution in [2.45, 2.75) is 39.5 Å². The van der Waals surface area contributed by atoms with Gasteiger partial charge in [-0.2, -0.15) is 0 Å². The molecule has 0 spiro atoms. The lowest BCUT2D eigenvalue weighted by Gasteiger charge is -2.06. The van der Waals surface area contributed by atoms with Gasteiger partial charge >= 0.3 is 0 Å². The summed E-state index contributed by atoms with van der Waals surface area (Å²) in [7, 11) is 2.14. The minimum Gasteiger partial charge on any atom is -0.338 e. The molecule has 0 N–H and O–H groups in total. The molecule has 0 saturated heterocycles. The van der Waals surface area contributed by atoms with Crippen LogP contribution in [0.25, 0.3) is 10.3 Å². The van der Waals surface area contributed by atoms with Crippen molar-refractivity contribution in [1.29, 1.82) is 0 Å². The van der Waals surface area contributed by atoms with Crippen LogP contribution in [0.1, 0.15) is 50.2 Å². The van der Waals surface area contributed by atoms with Crippen molar-refractivity contribution in [2.24, 2.45) is 7.05 Å². The van der Waals surface area contributed by atoms with Crippen LogP contribution < -0.4 is 0 Å². The van der Waals surface area contributed by atoms with Gasteiger partial charge in [0.15, 0.2) is 0 Å². The number of aromatic nitrogens is 2. The van der Waals surface area contributed by atoms with Crippen molar-refractivity contribution in [3.63, 3.8) is 0 Å². The molecule has 0 aliphatic carbocycles. The highest BCUT2D eigenvalue weighted by molar-refractivity contribution is 7.18. The molecule has 0 aliphatic rings. The molecule has 0 fully saturated rings. The van der Waals surface area contributed by atoms with E-state index in [4.69, 9.17) is 0 Å². The van der Waals surface area contributed by atoms with Crippen LogP contribution in [0, 0.1) is 0 Å². The van der Waals surface area contributed by atoms with Gasteiger partial charge in [0.25, 0.3) is 0 Å². The molecule has 0 saturated carbocycles. The Labute approximate surface area is 94.9 Å². The topological polar surface area (TPSA) is 17.8 Å². The van der Waals surface area contributed by atoms with Gasteiger partial charge in [0.2, 0.25) is 0 Å². The summed E-state index contributed by atoms with van der Waals surface area (Å²) in [6, 6.07) is 2.22. The van der Waals surface area contributed by atoms with E-state index in [0.29, 0.717) is 11.8 Å². The molecule has 0 aliphatic heterocycles. The molecule has 3 heteroatoms. The first kappa shape index (κ1) is 10.7. The van der Waals surface area contributed by atoms with Crippen LogP contribution in [-0.4, -0.2) is 9.55 Å². The predicted molar refractivity (Wildman–Crippen MR) is 66.8 cm³/mol. The largest absolute Gasteiger partial charge is 0.338 e. The van der Waals surface area contributed by atoms with E-state index in [9.17, 15) is 0 Å². The first-order chi connectivity index (χ1) is 7.00. The van der Waals surface area contributed by atoms with Gasteiger partial charge in [0.05, 0.1) is 5.01 Å². The maximum Gasteiger partial charge on any atom is 0.123 e. The van der Waals surface area contributed by atoms with Crippen molar-refractivity contribution in [1.82, 2.24) is 9.55 Å². The van der Waals surface area contributed by atoms with E-state index in [1.165, 1.54) is 15.5 Å². The van der Waals surface area contributed by atoms with Crippen molar-refractivity contribution in [3.8, 4) is 0 Å². The van der Waals surface area contributed by atoms with Crippen LogP contribution in [0.3, 0.4) is 0 Å². The molecule has 2 heterocycles. The standard InChI is InChI=1S/C12H18N2S/c1-7(2)10-6-9-12(14(10)5)15-11(13-9)8(3)4/h6-8H,1-5H3. The first-order valence-electron chi connectivity index (χ1n) is 5.46. The Bertz CT molecular complexity index is 477. The zero-order valence-electron chi connectivity index (χ0n) is 10.0. The average Bonchev–Trinajstić information content (AvgIpc) is 2.65. The zero-order valence-corrected chi connectivity index (χ0v) is 10.9. The van der Waals surface area contributed by atoms with Gasteiger partial charge in [0.1, 0.15) is 10.3 Å². The van der Waals surface area contributed by atoms with Gasteiger partial charge in [-0.1, -0.05) is 27.7 Å². The number of fused-ring (bicyclic) bond motifs is 1. The van der Waals surface area contributed by atoms with Gasteiger partial charge < -0.3 is 4.57 Å². The van der Waals surface area contributed by atoms with E-state index in [2.05, 4.69) is 50.4 Å². The highest BCUT2D eigenvalue weighted by Gasteiger charge is 2.14. The summed E-state index contributed by atoms with van der Waals surface area (Å²) >= 11 is 1.82. The summed E-state index contributed by atoms with van der Waals surface area (Å²) in [6.45, 7) is 8.84. The lowest BCUT2D eigenvalue weighted by atomic mass is 10.1. The average molecular weight is 222 g/mol. The molecule has 2 rings (SSSR count). The summed E-state index contributed by atoms with van der Waals surface area (Å²) < 4.78 is 2.28. The van der Waals surface area contributed by atoms with Gasteiger partial charge in [-0.25, -0.2) is 4.98 Å². The predicted octanol–water partition coefficient (Wildman–Crippen LogP) is 3.88. The minimum atomic E-state index is 0.532. The quantitative estimate of drug-likeness (QED) is 0.754. The van der Waals surface area contributed by atoms with Crippen molar-refractivity contribution >= 4 is 21.7 Å². The van der Waals surface area contributed by atoms with Gasteiger partial charge in [0, 0.05) is 18.7 Å². The molecule has 0 bridgehead atoms. The van der Waals surface area contributed by atoms with Crippen LogP contribution in [0.4, 0.5) is 0 Å². The molecule has 2 aromatic heterocycles. The lowest BCUT2D eigenvalue weighted by Crippen LogP contribution is -1.96. The fourth-order valence-corrected chi connectivity index (χ4v) is 2.86. The van der Waals surface area contributed by atoms with E-state index in [-0.39, 0.29) is 0 Å². The normalized spacial score (nSPS) is 12.2. The fourth-order valence-electron chi connectivity index (χ4n) is 1.83.